The number of benzene rings is 2. The summed E-state index contributed by atoms with van der Waals surface area (Å²) in [7, 11) is 0. The van der Waals surface area contributed by atoms with Crippen LogP contribution < -0.4 is 10.2 Å². The number of carbonyl (C=O) groups excluding carboxylic acids is 1. The molecule has 0 aliphatic carbocycles. The summed E-state index contributed by atoms with van der Waals surface area (Å²) in [6.45, 7) is 4.69. The molecule has 5 nitrogen and oxygen atoms in total. The van der Waals surface area contributed by atoms with Crippen LogP contribution in [0.3, 0.4) is 0 Å². The molecule has 6 heteroatoms. The molecular formula is C19H19ClN4O. The second-order valence-corrected chi connectivity index (χ2v) is 6.38. The Hall–Kier alpha value is -2.71. The van der Waals surface area contributed by atoms with E-state index in [9.17, 15) is 4.79 Å². The molecule has 0 aromatic heterocycles. The molecule has 25 heavy (non-hydrogen) atoms. The Bertz CT molecular complexity index is 805. The minimum Gasteiger partial charge on any atom is -0.368 e. The molecule has 2 aromatic carbocycles. The number of rotatable bonds is 2. The number of hydrogen-bond donors (Lipinski definition) is 1. The zero-order valence-corrected chi connectivity index (χ0v) is 14.8. The molecule has 128 valence electrons. The molecule has 3 rings (SSSR count). The molecule has 0 atom stereocenters. The van der Waals surface area contributed by atoms with Crippen LogP contribution >= 0.6 is 11.6 Å². The Morgan fingerprint density at radius 2 is 1.80 bits per heavy atom. The first-order valence-electron chi connectivity index (χ1n) is 8.14. The summed E-state index contributed by atoms with van der Waals surface area (Å²) in [5.74, 6) is 0. The van der Waals surface area contributed by atoms with E-state index in [-0.39, 0.29) is 6.03 Å². The predicted octanol–water partition coefficient (Wildman–Crippen LogP) is 3.87. The van der Waals surface area contributed by atoms with E-state index in [0.29, 0.717) is 23.7 Å². The second-order valence-electron chi connectivity index (χ2n) is 5.98. The highest BCUT2D eigenvalue weighted by Gasteiger charge is 2.21. The number of urea groups is 1. The van der Waals surface area contributed by atoms with Crippen molar-refractivity contribution in [2.45, 2.75) is 6.92 Å². The smallest absolute Gasteiger partial charge is 0.321 e. The summed E-state index contributed by atoms with van der Waals surface area (Å²) in [5.41, 5.74) is 3.34. The van der Waals surface area contributed by atoms with E-state index in [0.717, 1.165) is 30.0 Å². The highest BCUT2D eigenvalue weighted by atomic mass is 35.5. The number of piperazine rings is 1. The van der Waals surface area contributed by atoms with Gasteiger partial charge in [0, 0.05) is 42.6 Å². The van der Waals surface area contributed by atoms with Gasteiger partial charge in [0.25, 0.3) is 0 Å². The van der Waals surface area contributed by atoms with Crippen LogP contribution in [0.1, 0.15) is 11.1 Å². The van der Waals surface area contributed by atoms with E-state index >= 15 is 0 Å². The SMILES string of the molecule is Cc1c(Cl)cccc1NC(=O)N1CCN(c2ccc(C#N)cc2)CC1. The standard InChI is InChI=1S/C19H19ClN4O/c1-14-17(20)3-2-4-18(14)22-19(25)24-11-9-23(10-12-24)16-7-5-15(13-21)6-8-16/h2-8H,9-12H2,1H3,(H,22,25). The Kier molecular flexibility index (Phi) is 5.11. The first-order valence-corrected chi connectivity index (χ1v) is 8.52. The third-order valence-corrected chi connectivity index (χ3v) is 4.85. The monoisotopic (exact) mass is 354 g/mol. The number of halogens is 1. The van der Waals surface area contributed by atoms with Gasteiger partial charge in [-0.2, -0.15) is 5.26 Å². The van der Waals surface area contributed by atoms with Gasteiger partial charge in [0.15, 0.2) is 0 Å². The number of nitrogens with zero attached hydrogens (tertiary/aromatic N) is 3. The summed E-state index contributed by atoms with van der Waals surface area (Å²) in [5, 5.41) is 12.4. The van der Waals surface area contributed by atoms with Crippen LogP contribution in [0.2, 0.25) is 5.02 Å². The lowest BCUT2D eigenvalue weighted by molar-refractivity contribution is 0.208. The van der Waals surface area contributed by atoms with Crippen molar-refractivity contribution in [1.82, 2.24) is 4.90 Å². The average Bonchev–Trinajstić information content (AvgIpc) is 2.65. The first-order chi connectivity index (χ1) is 12.1. The van der Waals surface area contributed by atoms with Crippen LogP contribution in [0, 0.1) is 18.3 Å². The summed E-state index contributed by atoms with van der Waals surface area (Å²) >= 11 is 6.10. The van der Waals surface area contributed by atoms with Gasteiger partial charge in [-0.25, -0.2) is 4.79 Å². The van der Waals surface area contributed by atoms with Crippen molar-refractivity contribution in [2.75, 3.05) is 36.4 Å². The van der Waals surface area contributed by atoms with Gasteiger partial charge < -0.3 is 15.1 Å². The maximum atomic E-state index is 12.5. The normalized spacial score (nSPS) is 14.1. The summed E-state index contributed by atoms with van der Waals surface area (Å²) in [4.78, 5) is 16.5. The molecule has 1 fully saturated rings. The number of hydrogen-bond acceptors (Lipinski definition) is 3. The van der Waals surface area contributed by atoms with Crippen LogP contribution in [0.25, 0.3) is 0 Å². The zero-order valence-electron chi connectivity index (χ0n) is 14.0. The van der Waals surface area contributed by atoms with E-state index < -0.39 is 0 Å². The summed E-state index contributed by atoms with van der Waals surface area (Å²) in [6, 6.07) is 15.0. The summed E-state index contributed by atoms with van der Waals surface area (Å²) in [6.07, 6.45) is 0. The van der Waals surface area contributed by atoms with Crippen molar-refractivity contribution < 1.29 is 4.79 Å². The number of nitrogens with one attached hydrogen (secondary N) is 1. The fourth-order valence-corrected chi connectivity index (χ4v) is 3.03. The minimum atomic E-state index is -0.107. The van der Waals surface area contributed by atoms with Gasteiger partial charge in [-0.3, -0.25) is 0 Å². The molecule has 0 unspecified atom stereocenters. The van der Waals surface area contributed by atoms with Crippen LogP contribution in [0.5, 0.6) is 0 Å². The van der Waals surface area contributed by atoms with Crippen LogP contribution in [-0.4, -0.2) is 37.1 Å². The maximum absolute atomic E-state index is 12.5. The van der Waals surface area contributed by atoms with Crippen molar-refractivity contribution in [3.05, 3.63) is 58.6 Å². The number of carbonyl (C=O) groups is 1. The Morgan fingerprint density at radius 1 is 1.12 bits per heavy atom. The number of amides is 2. The quantitative estimate of drug-likeness (QED) is 0.890. The van der Waals surface area contributed by atoms with Crippen molar-refractivity contribution in [3.8, 4) is 6.07 Å². The third kappa shape index (κ3) is 3.86. The molecule has 0 bridgehead atoms. The Labute approximate surface area is 152 Å². The van der Waals surface area contributed by atoms with Crippen LogP contribution in [-0.2, 0) is 0 Å². The summed E-state index contributed by atoms with van der Waals surface area (Å²) < 4.78 is 0. The van der Waals surface area contributed by atoms with E-state index in [1.165, 1.54) is 0 Å². The molecule has 1 saturated heterocycles. The highest BCUT2D eigenvalue weighted by Crippen LogP contribution is 2.23. The van der Waals surface area contributed by atoms with Crippen molar-refractivity contribution >= 4 is 29.0 Å². The minimum absolute atomic E-state index is 0.107. The van der Waals surface area contributed by atoms with Crippen molar-refractivity contribution in [2.24, 2.45) is 0 Å². The lowest BCUT2D eigenvalue weighted by atomic mass is 10.2. The Balaban J connectivity index is 1.59. The molecule has 1 heterocycles. The van der Waals surface area contributed by atoms with Crippen LogP contribution in [0.15, 0.2) is 42.5 Å². The zero-order chi connectivity index (χ0) is 17.8. The fourth-order valence-electron chi connectivity index (χ4n) is 2.85. The molecule has 0 radical (unpaired) electrons. The first kappa shape index (κ1) is 17.1. The maximum Gasteiger partial charge on any atom is 0.321 e. The molecule has 1 N–H and O–H groups in total. The lowest BCUT2D eigenvalue weighted by Gasteiger charge is -2.36. The average molecular weight is 355 g/mol. The molecule has 2 amide bonds. The van der Waals surface area contributed by atoms with Gasteiger partial charge in [0.2, 0.25) is 0 Å². The van der Waals surface area contributed by atoms with Crippen molar-refractivity contribution in [1.29, 1.82) is 5.26 Å². The largest absolute Gasteiger partial charge is 0.368 e. The van der Waals surface area contributed by atoms with Gasteiger partial charge in [0.1, 0.15) is 0 Å². The fraction of sp³-hybridized carbons (Fsp3) is 0.263. The van der Waals surface area contributed by atoms with E-state index in [1.807, 2.05) is 49.4 Å². The lowest BCUT2D eigenvalue weighted by Crippen LogP contribution is -2.50. The molecular weight excluding hydrogens is 336 g/mol. The molecule has 1 aliphatic rings. The highest BCUT2D eigenvalue weighted by molar-refractivity contribution is 6.31. The molecule has 2 aromatic rings. The molecule has 1 aliphatic heterocycles. The van der Waals surface area contributed by atoms with Gasteiger partial charge in [-0.1, -0.05) is 17.7 Å². The molecule has 0 spiro atoms. The van der Waals surface area contributed by atoms with Crippen molar-refractivity contribution in [3.63, 3.8) is 0 Å². The van der Waals surface area contributed by atoms with Gasteiger partial charge in [-0.15, -0.1) is 0 Å². The van der Waals surface area contributed by atoms with E-state index in [2.05, 4.69) is 16.3 Å². The second kappa shape index (κ2) is 7.45. The third-order valence-electron chi connectivity index (χ3n) is 4.44. The number of anilines is 2. The number of nitriles is 1. The predicted molar refractivity (Wildman–Crippen MR) is 100 cm³/mol. The Morgan fingerprint density at radius 3 is 2.44 bits per heavy atom. The van der Waals surface area contributed by atoms with Gasteiger partial charge in [-0.05, 0) is 48.9 Å². The van der Waals surface area contributed by atoms with Crippen LogP contribution in [0.4, 0.5) is 16.2 Å². The van der Waals surface area contributed by atoms with E-state index in [1.54, 1.807) is 4.90 Å². The van der Waals surface area contributed by atoms with Gasteiger partial charge in [0.05, 0.1) is 11.6 Å². The van der Waals surface area contributed by atoms with E-state index in [4.69, 9.17) is 16.9 Å². The topological polar surface area (TPSA) is 59.4 Å². The van der Waals surface area contributed by atoms with Gasteiger partial charge >= 0.3 is 6.03 Å². The molecule has 0 saturated carbocycles.